The lowest BCUT2D eigenvalue weighted by Gasteiger charge is -2.13. The number of hydrogen-bond donors (Lipinski definition) is 0. The van der Waals surface area contributed by atoms with Gasteiger partial charge in [0.05, 0.1) is 43.4 Å². The number of fused-ring (bicyclic) bond motifs is 6. The van der Waals surface area contributed by atoms with Gasteiger partial charge in [0.15, 0.2) is 37.2 Å². The zero-order valence-electron chi connectivity index (χ0n) is 80.0. The third kappa shape index (κ3) is 20.1. The van der Waals surface area contributed by atoms with Crippen molar-refractivity contribution in [1.82, 2.24) is 0 Å². The summed E-state index contributed by atoms with van der Waals surface area (Å²) in [5, 5.41) is 15.8. The maximum Gasteiger partial charge on any atom is 0.220 e. The van der Waals surface area contributed by atoms with Crippen molar-refractivity contribution in [3.05, 3.63) is 392 Å². The molecule has 6 aromatic heterocycles. The second kappa shape index (κ2) is 39.5. The van der Waals surface area contributed by atoms with E-state index in [1.165, 1.54) is 238 Å². The van der Waals surface area contributed by atoms with Gasteiger partial charge in [0.25, 0.3) is 0 Å². The Bertz CT molecular complexity index is 7100. The molecule has 6 heterocycles. The molecule has 18 aromatic rings. The van der Waals surface area contributed by atoms with Crippen molar-refractivity contribution >= 4 is 64.6 Å². The number of rotatable bonds is 10. The number of benzene rings is 12. The zero-order valence-corrected chi connectivity index (χ0v) is 80.0. The number of hydrogen-bond acceptors (Lipinski definition) is 0. The number of aromatic nitrogens is 6. The summed E-state index contributed by atoms with van der Waals surface area (Å²) in [6.45, 7) is 43.9. The fraction of sp³-hybridized carbons (Fsp3) is 0.250. The molecule has 0 aliphatic heterocycles. The average molecular weight is 1660 g/mol. The summed E-state index contributed by atoms with van der Waals surface area (Å²) in [5.74, 6) is 0.543. The highest BCUT2D eigenvalue weighted by Crippen LogP contribution is 2.38. The smallest absolute Gasteiger partial charge is 0.200 e. The van der Waals surface area contributed by atoms with Crippen LogP contribution in [-0.2, 0) is 61.5 Å². The molecule has 636 valence electrons. The summed E-state index contributed by atoms with van der Waals surface area (Å²) < 4.78 is 13.4. The van der Waals surface area contributed by atoms with Crippen molar-refractivity contribution in [2.45, 2.75) is 164 Å². The molecule has 0 saturated carbocycles. The van der Waals surface area contributed by atoms with E-state index in [-0.39, 0.29) is 0 Å². The lowest BCUT2D eigenvalue weighted by molar-refractivity contribution is -0.659. The Kier molecular flexibility index (Phi) is 28.5. The van der Waals surface area contributed by atoms with Crippen LogP contribution in [0.3, 0.4) is 0 Å². The molecule has 0 radical (unpaired) electrons. The molecular weight excluding hydrogens is 1530 g/mol. The van der Waals surface area contributed by atoms with Gasteiger partial charge in [-0.2, -0.15) is 0 Å². The van der Waals surface area contributed by atoms with Gasteiger partial charge >= 0.3 is 0 Å². The highest BCUT2D eigenvalue weighted by molar-refractivity contribution is 5.99. The fourth-order valence-corrected chi connectivity index (χ4v) is 18.0. The Balaban J connectivity index is 0.000000130. The van der Waals surface area contributed by atoms with Crippen LogP contribution in [0.2, 0.25) is 0 Å². The Labute approximate surface area is 752 Å². The van der Waals surface area contributed by atoms with Crippen molar-refractivity contribution in [2.75, 3.05) is 0 Å². The Morgan fingerprint density at radius 1 is 0.214 bits per heavy atom. The van der Waals surface area contributed by atoms with Crippen molar-refractivity contribution in [1.29, 1.82) is 0 Å². The lowest BCUT2D eigenvalue weighted by atomic mass is 9.92. The summed E-state index contributed by atoms with van der Waals surface area (Å²) in [6, 6.07) is 91.5. The standard InChI is InChI=1S/C22H26N.C21H24N.2C20H22N.C19H20N.C18H18N/c1-6-17-13-18(7-2)16(4)20(14-17)22-21-12-15(3)8-9-19(21)10-11-23(22)5;1-14(2)18-9-7-16(4)19(13-18)21-20-12-15(3)6-8-17(20)10-11-22(21)5;1-13-6-7-17-8-9-21(5)20(19(17)11-13)18-12-14(2)10-15(3)16(18)4;1-5-16-8-7-15(3)18(13-16)20-19-12-14(2)6-9-17(19)10-11-21(20)4;1-13-5-7-15(3)17(11-13)19-18-12-14(2)6-8-16(18)9-10-20(19)4;1-13-8-9-15-10-11-19(3)18(17(15)12-13)16-7-5-4-6-14(16)2/h8-14H,6-7H2,1-5H3;6-14H,1-5H3;6-12H,1-5H3;6-13H,5H2,1-4H3;5-12H,1-4H3;4-12H,1-3H3/q6*+1. The molecule has 0 unspecified atom stereocenters. The first-order valence-electron chi connectivity index (χ1n) is 45.2. The molecule has 18 rings (SSSR count). The van der Waals surface area contributed by atoms with Gasteiger partial charge in [-0.25, -0.2) is 27.4 Å². The molecule has 0 fully saturated rings. The van der Waals surface area contributed by atoms with Gasteiger partial charge < -0.3 is 0 Å². The van der Waals surface area contributed by atoms with Crippen molar-refractivity contribution < 1.29 is 27.4 Å². The highest BCUT2D eigenvalue weighted by atomic mass is 14.9. The fourth-order valence-electron chi connectivity index (χ4n) is 18.0. The zero-order chi connectivity index (χ0) is 90.2. The summed E-state index contributed by atoms with van der Waals surface area (Å²) in [5.41, 5.74) is 41.4. The van der Waals surface area contributed by atoms with Gasteiger partial charge in [0.2, 0.25) is 34.2 Å². The Morgan fingerprint density at radius 2 is 0.500 bits per heavy atom. The predicted octanol–water partition coefficient (Wildman–Crippen LogP) is 27.4. The summed E-state index contributed by atoms with van der Waals surface area (Å²) in [4.78, 5) is 0. The van der Waals surface area contributed by atoms with Gasteiger partial charge in [-0.3, -0.25) is 0 Å². The monoisotopic (exact) mass is 1660 g/mol. The number of pyridine rings is 6. The van der Waals surface area contributed by atoms with Crippen LogP contribution in [0.4, 0.5) is 0 Å². The first kappa shape index (κ1) is 90.8. The van der Waals surface area contributed by atoms with Crippen LogP contribution in [0.5, 0.6) is 0 Å². The molecule has 0 aliphatic carbocycles. The van der Waals surface area contributed by atoms with Crippen molar-refractivity contribution in [2.24, 2.45) is 42.3 Å². The van der Waals surface area contributed by atoms with E-state index in [0.29, 0.717) is 5.92 Å². The molecule has 0 amide bonds. The highest BCUT2D eigenvalue weighted by Gasteiger charge is 2.26. The molecule has 0 bridgehead atoms. The minimum absolute atomic E-state index is 0.543. The maximum atomic E-state index is 2.38. The predicted molar refractivity (Wildman–Crippen MR) is 537 cm³/mol. The van der Waals surface area contributed by atoms with Crippen molar-refractivity contribution in [3.63, 3.8) is 0 Å². The van der Waals surface area contributed by atoms with Gasteiger partial charge in [0.1, 0.15) is 42.3 Å². The molecule has 0 aliphatic rings. The quantitative estimate of drug-likeness (QED) is 0.122. The molecule has 6 nitrogen and oxygen atoms in total. The topological polar surface area (TPSA) is 23.3 Å². The van der Waals surface area contributed by atoms with E-state index in [9.17, 15) is 0 Å². The average Bonchev–Trinajstić information content (AvgIpc) is 0.853. The van der Waals surface area contributed by atoms with Crippen LogP contribution in [0.15, 0.2) is 286 Å². The summed E-state index contributed by atoms with van der Waals surface area (Å²) >= 11 is 0. The molecular formula is C120H132N6+6. The molecule has 6 heteroatoms. The third-order valence-corrected chi connectivity index (χ3v) is 25.6. The second-order valence-electron chi connectivity index (χ2n) is 35.9. The van der Waals surface area contributed by atoms with Crippen LogP contribution in [-0.4, -0.2) is 0 Å². The molecule has 12 aromatic carbocycles. The van der Waals surface area contributed by atoms with E-state index in [2.05, 4.69) is 494 Å². The van der Waals surface area contributed by atoms with Crippen molar-refractivity contribution in [3.8, 4) is 67.5 Å². The first-order valence-corrected chi connectivity index (χ1v) is 45.2. The second-order valence-corrected chi connectivity index (χ2v) is 35.9. The van der Waals surface area contributed by atoms with Crippen LogP contribution in [0.1, 0.15) is 146 Å². The minimum Gasteiger partial charge on any atom is -0.200 e. The first-order chi connectivity index (χ1) is 60.3. The number of aryl methyl sites for hydroxylation is 22. The van der Waals surface area contributed by atoms with E-state index in [0.717, 1.165) is 19.3 Å². The van der Waals surface area contributed by atoms with Gasteiger partial charge in [-0.1, -0.05) is 219 Å². The van der Waals surface area contributed by atoms with E-state index < -0.39 is 0 Å². The van der Waals surface area contributed by atoms with E-state index in [1.54, 1.807) is 0 Å². The number of nitrogens with zero attached hydrogens (tertiary/aromatic N) is 6. The summed E-state index contributed by atoms with van der Waals surface area (Å²) in [7, 11) is 12.8. The summed E-state index contributed by atoms with van der Waals surface area (Å²) in [6.07, 6.45) is 16.2. The molecule has 0 saturated heterocycles. The normalized spacial score (nSPS) is 11.1. The molecule has 0 spiro atoms. The Hall–Kier alpha value is -12.9. The third-order valence-electron chi connectivity index (χ3n) is 25.6. The molecule has 126 heavy (non-hydrogen) atoms. The van der Waals surface area contributed by atoms with Crippen LogP contribution in [0, 0.1) is 104 Å². The van der Waals surface area contributed by atoms with Gasteiger partial charge in [-0.05, 0) is 295 Å². The van der Waals surface area contributed by atoms with Crippen LogP contribution in [0.25, 0.3) is 132 Å². The van der Waals surface area contributed by atoms with Gasteiger partial charge in [0, 0.05) is 58.7 Å². The SMILES string of the molecule is CCc1cc(CC)c(C)c(-c2c3cc(C)ccc3cc[n+]2C)c1.CCc1ccc(C)c(-c2c3cc(C)ccc3cc[n+]2C)c1.Cc1cc(C)c(C)c(-c2c3cc(C)ccc3cc[n+]2C)c1.Cc1ccc(C)c(-c2c3cc(C)ccc3cc[n+]2C)c1.Cc1ccc2cc[n+](C)c(-c3cc(C(C)C)ccc3C)c2c1.Cc1ccc2cc[n+](C)c(-c3ccccc3C)c2c1. The minimum atomic E-state index is 0.543. The van der Waals surface area contributed by atoms with E-state index >= 15 is 0 Å². The molecule has 0 N–H and O–H groups in total. The maximum absolute atomic E-state index is 2.38. The largest absolute Gasteiger partial charge is 0.220 e. The molecule has 0 atom stereocenters. The van der Waals surface area contributed by atoms with E-state index in [4.69, 9.17) is 0 Å². The van der Waals surface area contributed by atoms with Crippen LogP contribution >= 0.6 is 0 Å². The Morgan fingerprint density at radius 3 is 0.857 bits per heavy atom. The van der Waals surface area contributed by atoms with E-state index in [1.807, 2.05) is 0 Å². The van der Waals surface area contributed by atoms with Gasteiger partial charge in [-0.15, -0.1) is 0 Å². The van der Waals surface area contributed by atoms with Crippen LogP contribution < -0.4 is 27.4 Å². The lowest BCUT2D eigenvalue weighted by Crippen LogP contribution is -2.31.